The minimum atomic E-state index is 2.70. The molecule has 2 nitrogen and oxygen atoms in total. The standard InChI is InChI=1S/H2N2P2/c3-1-2-4/h3-4H. The van der Waals surface area contributed by atoms with E-state index < -0.39 is 0 Å². The molecule has 0 heterocycles. The summed E-state index contributed by atoms with van der Waals surface area (Å²) in [5.74, 6) is 0. The lowest BCUT2D eigenvalue weighted by Crippen LogP contribution is -1.07. The average molecular weight is 92.0 g/mol. The molecule has 0 radical (unpaired) electrons. The summed E-state index contributed by atoms with van der Waals surface area (Å²) in [4.78, 5) is 6.16. The van der Waals surface area contributed by atoms with Gasteiger partial charge in [0.1, 0.15) is 0 Å². The van der Waals surface area contributed by atoms with E-state index in [9.17, 15) is 0 Å². The summed E-state index contributed by atoms with van der Waals surface area (Å²) in [5, 5.41) is 0. The Morgan fingerprint density at radius 1 is 1.00 bits per heavy atom. The van der Waals surface area contributed by atoms with Crippen molar-refractivity contribution in [3.8, 4) is 0 Å². The predicted octanol–water partition coefficient (Wildman–Crippen LogP) is 1.55. The molecule has 0 aliphatic heterocycles. The summed E-state index contributed by atoms with van der Waals surface area (Å²) >= 11 is 0. The van der Waals surface area contributed by atoms with Crippen LogP contribution in [0, 0.1) is 0 Å². The van der Waals surface area contributed by atoms with Crippen LogP contribution in [0.4, 0.5) is 0 Å². The zero-order chi connectivity index (χ0) is 3.41. The van der Waals surface area contributed by atoms with E-state index in [1.165, 1.54) is 0 Å². The Bertz CT molecular complexity index is 25.0. The van der Waals surface area contributed by atoms with Gasteiger partial charge in [-0.15, -0.1) is 9.71 Å². The topological polar surface area (TPSA) is 24.7 Å². The Hall–Kier alpha value is 0.200. The Kier molecular flexibility index (Phi) is 3.36. The first-order valence-electron chi connectivity index (χ1n) is 0.647. The molecule has 0 saturated carbocycles. The van der Waals surface area contributed by atoms with Gasteiger partial charge < -0.3 is 0 Å². The van der Waals surface area contributed by atoms with E-state index in [0.29, 0.717) is 0 Å². The SMILES string of the molecule is P=NN=P. The molecule has 4 heteroatoms. The fraction of sp³-hybridized carbons (Fsp3) is 0. The van der Waals surface area contributed by atoms with Crippen LogP contribution in [0.3, 0.4) is 0 Å². The van der Waals surface area contributed by atoms with E-state index in [2.05, 4.69) is 27.8 Å². The second-order valence-electron chi connectivity index (χ2n) is 0.200. The van der Waals surface area contributed by atoms with Crippen molar-refractivity contribution in [3.63, 3.8) is 0 Å². The largest absolute Gasteiger partial charge is 0.135 e. The van der Waals surface area contributed by atoms with Gasteiger partial charge in [0.15, 0.2) is 0 Å². The molecule has 0 saturated heterocycles. The Labute approximate surface area is 28.8 Å². The van der Waals surface area contributed by atoms with Crippen LogP contribution in [0.2, 0.25) is 0 Å². The predicted molar refractivity (Wildman–Crippen MR) is 21.5 cm³/mol. The zero-order valence-electron chi connectivity index (χ0n) is 1.89. The fourth-order valence-corrected chi connectivity index (χ4v) is 0. The van der Waals surface area contributed by atoms with Gasteiger partial charge in [0.25, 0.3) is 0 Å². The van der Waals surface area contributed by atoms with Gasteiger partial charge >= 0.3 is 0 Å². The first-order valence-corrected chi connectivity index (χ1v) is 1.54. The summed E-state index contributed by atoms with van der Waals surface area (Å²) in [6, 6.07) is 0. The lowest BCUT2D eigenvalue weighted by atomic mass is 13.0. The van der Waals surface area contributed by atoms with E-state index in [1.807, 2.05) is 0 Å². The molecule has 0 atom stereocenters. The molecule has 0 aromatic rings. The molecule has 0 fully saturated rings. The normalized spacial score (nSPS) is 5.00. The third kappa shape index (κ3) is 2.20. The Morgan fingerprint density at radius 3 is 1.25 bits per heavy atom. The van der Waals surface area contributed by atoms with Crippen molar-refractivity contribution in [2.24, 2.45) is 9.71 Å². The van der Waals surface area contributed by atoms with Crippen molar-refractivity contribution in [1.29, 1.82) is 0 Å². The van der Waals surface area contributed by atoms with E-state index in [1.54, 1.807) is 0 Å². The van der Waals surface area contributed by atoms with Crippen LogP contribution in [0.5, 0.6) is 0 Å². The molecule has 0 aliphatic carbocycles. The average Bonchev–Trinajstić information content (AvgIpc) is 1.37. The molecule has 0 bridgehead atoms. The van der Waals surface area contributed by atoms with Gasteiger partial charge in [0, 0.05) is 18.1 Å². The first kappa shape index (κ1) is 4.20. The van der Waals surface area contributed by atoms with Crippen LogP contribution in [0.25, 0.3) is 0 Å². The highest BCUT2D eigenvalue weighted by molar-refractivity contribution is 7.06. The molecule has 0 rings (SSSR count). The van der Waals surface area contributed by atoms with Crippen molar-refractivity contribution in [1.82, 2.24) is 0 Å². The van der Waals surface area contributed by atoms with Gasteiger partial charge in [-0.2, -0.15) is 0 Å². The molecule has 0 spiro atoms. The van der Waals surface area contributed by atoms with Crippen LogP contribution in [-0.4, -0.2) is 0 Å². The van der Waals surface area contributed by atoms with Gasteiger partial charge in [0.2, 0.25) is 0 Å². The van der Waals surface area contributed by atoms with Gasteiger partial charge in [-0.3, -0.25) is 0 Å². The number of rotatable bonds is 1. The summed E-state index contributed by atoms with van der Waals surface area (Å²) in [6.45, 7) is 0. The quantitative estimate of drug-likeness (QED) is 0.346. The second kappa shape index (κ2) is 3.20. The summed E-state index contributed by atoms with van der Waals surface area (Å²) in [6.07, 6.45) is 0. The van der Waals surface area contributed by atoms with Crippen molar-refractivity contribution in [2.45, 2.75) is 0 Å². The highest BCUT2D eigenvalue weighted by Crippen LogP contribution is 1.75. The number of hydrogen-bond donors (Lipinski definition) is 0. The van der Waals surface area contributed by atoms with Gasteiger partial charge in [-0.1, -0.05) is 0 Å². The van der Waals surface area contributed by atoms with Gasteiger partial charge in [-0.25, -0.2) is 0 Å². The number of hydrogen-bond acceptors (Lipinski definition) is 0. The highest BCUT2D eigenvalue weighted by atomic mass is 31.0. The molecule has 22 valence electrons. The number of nitrogens with zero attached hydrogens (tertiary/aromatic N) is 2. The summed E-state index contributed by atoms with van der Waals surface area (Å²) < 4.78 is 0. The van der Waals surface area contributed by atoms with Crippen LogP contribution in [-0.2, 0) is 0 Å². The molecule has 0 aromatic heterocycles. The third-order valence-electron chi connectivity index (χ3n) is 0.0500. The van der Waals surface area contributed by atoms with E-state index in [0.717, 1.165) is 0 Å². The van der Waals surface area contributed by atoms with E-state index in [-0.39, 0.29) is 0 Å². The monoisotopic (exact) mass is 92.0 g/mol. The van der Waals surface area contributed by atoms with Crippen molar-refractivity contribution in [2.75, 3.05) is 0 Å². The van der Waals surface area contributed by atoms with Gasteiger partial charge in [-0.05, 0) is 0 Å². The Morgan fingerprint density at radius 2 is 1.25 bits per heavy atom. The van der Waals surface area contributed by atoms with Crippen molar-refractivity contribution >= 4 is 18.1 Å². The fourth-order valence-electron chi connectivity index (χ4n) is 0. The van der Waals surface area contributed by atoms with E-state index >= 15 is 0 Å². The zero-order valence-corrected chi connectivity index (χ0v) is 3.89. The van der Waals surface area contributed by atoms with Gasteiger partial charge in [0.05, 0.1) is 0 Å². The third-order valence-corrected chi connectivity index (χ3v) is 0.450. The van der Waals surface area contributed by atoms with Crippen molar-refractivity contribution < 1.29 is 0 Å². The van der Waals surface area contributed by atoms with Crippen LogP contribution >= 0.6 is 18.1 Å². The van der Waals surface area contributed by atoms with Crippen LogP contribution < -0.4 is 0 Å². The Balaban J connectivity index is 2.73. The molecular weight excluding hydrogens is 90.0 g/mol. The second-order valence-corrected chi connectivity index (χ2v) is 0.600. The minimum absolute atomic E-state index is 2.70. The van der Waals surface area contributed by atoms with Crippen LogP contribution in [0.15, 0.2) is 9.71 Å². The maximum atomic E-state index is 3.08. The molecule has 0 aromatic carbocycles. The minimum Gasteiger partial charge on any atom is -0.135 e. The molecule has 0 amide bonds. The maximum absolute atomic E-state index is 3.08. The van der Waals surface area contributed by atoms with E-state index in [4.69, 9.17) is 0 Å². The molecule has 0 aliphatic rings. The van der Waals surface area contributed by atoms with Crippen molar-refractivity contribution in [3.05, 3.63) is 0 Å². The summed E-state index contributed by atoms with van der Waals surface area (Å²) in [7, 11) is 5.40. The lowest BCUT2D eigenvalue weighted by molar-refractivity contribution is 1.34. The smallest absolute Gasteiger partial charge is 0.0180 e. The molecular formula is H2N2P2. The highest BCUT2D eigenvalue weighted by Gasteiger charge is 1.27. The van der Waals surface area contributed by atoms with Crippen LogP contribution in [0.1, 0.15) is 0 Å². The molecule has 0 unspecified atom stereocenters. The lowest BCUT2D eigenvalue weighted by Gasteiger charge is -1.47. The first-order chi connectivity index (χ1) is 1.91. The summed E-state index contributed by atoms with van der Waals surface area (Å²) in [5.41, 5.74) is 0. The maximum Gasteiger partial charge on any atom is 0.0180 e. The molecule has 4 heavy (non-hydrogen) atoms. The molecule has 0 N–H and O–H groups in total.